The van der Waals surface area contributed by atoms with Crippen molar-refractivity contribution in [2.45, 2.75) is 51.0 Å². The lowest BCUT2D eigenvalue weighted by molar-refractivity contribution is -0.0822. The number of hydrogen-bond acceptors (Lipinski definition) is 3. The van der Waals surface area contributed by atoms with E-state index in [9.17, 15) is 0 Å². The Labute approximate surface area is 122 Å². The molecule has 1 saturated heterocycles. The van der Waals surface area contributed by atoms with E-state index in [0.717, 1.165) is 50.6 Å². The van der Waals surface area contributed by atoms with Gasteiger partial charge in [0.2, 0.25) is 0 Å². The molecule has 3 nitrogen and oxygen atoms in total. The SMILES string of the molecule is NC(COCC1CCOC1)C12CC3CC(CC(C3)C1)C2. The van der Waals surface area contributed by atoms with E-state index in [1.54, 1.807) is 0 Å². The summed E-state index contributed by atoms with van der Waals surface area (Å²) in [4.78, 5) is 0. The molecule has 4 saturated carbocycles. The van der Waals surface area contributed by atoms with Crippen LogP contribution in [0.5, 0.6) is 0 Å². The molecule has 0 aromatic rings. The zero-order valence-electron chi connectivity index (χ0n) is 12.6. The van der Waals surface area contributed by atoms with E-state index in [1.165, 1.54) is 38.5 Å². The molecule has 5 rings (SSSR count). The molecule has 20 heavy (non-hydrogen) atoms. The zero-order chi connectivity index (χ0) is 13.6. The van der Waals surface area contributed by atoms with Crippen molar-refractivity contribution in [2.24, 2.45) is 34.8 Å². The second-order valence-corrected chi connectivity index (χ2v) is 8.15. The monoisotopic (exact) mass is 279 g/mol. The lowest BCUT2D eigenvalue weighted by Gasteiger charge is -2.58. The summed E-state index contributed by atoms with van der Waals surface area (Å²) in [7, 11) is 0. The van der Waals surface area contributed by atoms with Crippen LogP contribution in [-0.2, 0) is 9.47 Å². The lowest BCUT2D eigenvalue weighted by Crippen LogP contribution is -2.56. The van der Waals surface area contributed by atoms with Crippen LogP contribution in [0.2, 0.25) is 0 Å². The van der Waals surface area contributed by atoms with E-state index in [-0.39, 0.29) is 6.04 Å². The van der Waals surface area contributed by atoms with Gasteiger partial charge in [0.1, 0.15) is 0 Å². The maximum absolute atomic E-state index is 6.60. The molecule has 5 fully saturated rings. The quantitative estimate of drug-likeness (QED) is 0.841. The molecule has 5 aliphatic rings. The van der Waals surface area contributed by atoms with Crippen molar-refractivity contribution in [1.82, 2.24) is 0 Å². The van der Waals surface area contributed by atoms with Gasteiger partial charge in [0, 0.05) is 18.6 Å². The molecule has 2 atom stereocenters. The number of rotatable bonds is 5. The van der Waals surface area contributed by atoms with Crippen LogP contribution in [0, 0.1) is 29.1 Å². The molecule has 2 N–H and O–H groups in total. The average Bonchev–Trinajstić information content (AvgIpc) is 2.90. The first kappa shape index (κ1) is 13.5. The summed E-state index contributed by atoms with van der Waals surface area (Å²) in [5.41, 5.74) is 7.03. The van der Waals surface area contributed by atoms with Crippen LogP contribution < -0.4 is 5.73 Å². The predicted octanol–water partition coefficient (Wildman–Crippen LogP) is 2.58. The summed E-state index contributed by atoms with van der Waals surface area (Å²) in [5, 5.41) is 0. The summed E-state index contributed by atoms with van der Waals surface area (Å²) in [5.74, 6) is 3.56. The van der Waals surface area contributed by atoms with Gasteiger partial charge in [-0.2, -0.15) is 0 Å². The van der Waals surface area contributed by atoms with Gasteiger partial charge in [0.05, 0.1) is 19.8 Å². The van der Waals surface area contributed by atoms with Crippen molar-refractivity contribution >= 4 is 0 Å². The molecule has 0 amide bonds. The van der Waals surface area contributed by atoms with Crippen molar-refractivity contribution in [3.05, 3.63) is 0 Å². The van der Waals surface area contributed by atoms with Gasteiger partial charge in [-0.3, -0.25) is 0 Å². The van der Waals surface area contributed by atoms with Gasteiger partial charge < -0.3 is 15.2 Å². The van der Waals surface area contributed by atoms with E-state index in [1.807, 2.05) is 0 Å². The van der Waals surface area contributed by atoms with Gasteiger partial charge in [-0.05, 0) is 68.1 Å². The topological polar surface area (TPSA) is 44.5 Å². The zero-order valence-corrected chi connectivity index (χ0v) is 12.6. The van der Waals surface area contributed by atoms with Crippen LogP contribution in [-0.4, -0.2) is 32.5 Å². The van der Waals surface area contributed by atoms with Crippen LogP contribution in [0.1, 0.15) is 44.9 Å². The third kappa shape index (κ3) is 2.42. The van der Waals surface area contributed by atoms with E-state index < -0.39 is 0 Å². The minimum absolute atomic E-state index is 0.262. The minimum Gasteiger partial charge on any atom is -0.381 e. The molecule has 1 heterocycles. The highest BCUT2D eigenvalue weighted by Gasteiger charge is 2.53. The van der Waals surface area contributed by atoms with E-state index >= 15 is 0 Å². The predicted molar refractivity (Wildman–Crippen MR) is 78.3 cm³/mol. The van der Waals surface area contributed by atoms with Crippen molar-refractivity contribution < 1.29 is 9.47 Å². The van der Waals surface area contributed by atoms with Crippen LogP contribution in [0.4, 0.5) is 0 Å². The Balaban J connectivity index is 1.32. The molecule has 0 aromatic carbocycles. The minimum atomic E-state index is 0.262. The highest BCUT2D eigenvalue weighted by molar-refractivity contribution is 5.05. The second-order valence-electron chi connectivity index (χ2n) is 8.15. The van der Waals surface area contributed by atoms with Crippen molar-refractivity contribution in [2.75, 3.05) is 26.4 Å². The first-order chi connectivity index (χ1) is 9.73. The van der Waals surface area contributed by atoms with Gasteiger partial charge in [-0.1, -0.05) is 0 Å². The summed E-state index contributed by atoms with van der Waals surface area (Å²) in [6.07, 6.45) is 9.79. The average molecular weight is 279 g/mol. The Bertz CT molecular complexity index is 316. The molecular weight excluding hydrogens is 250 g/mol. The number of hydrogen-bond donors (Lipinski definition) is 1. The molecule has 4 bridgehead atoms. The van der Waals surface area contributed by atoms with E-state index in [4.69, 9.17) is 15.2 Å². The Morgan fingerprint density at radius 3 is 2.30 bits per heavy atom. The van der Waals surface area contributed by atoms with Gasteiger partial charge in [0.25, 0.3) is 0 Å². The van der Waals surface area contributed by atoms with E-state index in [0.29, 0.717) is 11.3 Å². The van der Waals surface area contributed by atoms with Crippen LogP contribution in [0.25, 0.3) is 0 Å². The molecule has 3 heteroatoms. The van der Waals surface area contributed by atoms with E-state index in [2.05, 4.69) is 0 Å². The smallest absolute Gasteiger partial charge is 0.0623 e. The molecule has 1 aliphatic heterocycles. The van der Waals surface area contributed by atoms with Gasteiger partial charge in [-0.15, -0.1) is 0 Å². The molecule has 114 valence electrons. The summed E-state index contributed by atoms with van der Waals surface area (Å²) < 4.78 is 11.4. The Kier molecular flexibility index (Phi) is 3.56. The molecule has 0 aromatic heterocycles. The Hall–Kier alpha value is -0.120. The molecule has 2 unspecified atom stereocenters. The first-order valence-electron chi connectivity index (χ1n) is 8.64. The fraction of sp³-hybridized carbons (Fsp3) is 1.00. The summed E-state index contributed by atoms with van der Waals surface area (Å²) in [6, 6.07) is 0.262. The van der Waals surface area contributed by atoms with Crippen molar-refractivity contribution in [1.29, 1.82) is 0 Å². The Morgan fingerprint density at radius 2 is 1.75 bits per heavy atom. The van der Waals surface area contributed by atoms with Gasteiger partial charge in [-0.25, -0.2) is 0 Å². The summed E-state index contributed by atoms with van der Waals surface area (Å²) in [6.45, 7) is 3.41. The van der Waals surface area contributed by atoms with Crippen LogP contribution in [0.15, 0.2) is 0 Å². The van der Waals surface area contributed by atoms with Crippen molar-refractivity contribution in [3.63, 3.8) is 0 Å². The maximum atomic E-state index is 6.60. The largest absolute Gasteiger partial charge is 0.381 e. The first-order valence-corrected chi connectivity index (χ1v) is 8.64. The fourth-order valence-corrected chi connectivity index (χ4v) is 5.88. The molecule has 4 aliphatic carbocycles. The third-order valence-corrected chi connectivity index (χ3v) is 6.55. The highest BCUT2D eigenvalue weighted by Crippen LogP contribution is 2.60. The lowest BCUT2D eigenvalue weighted by atomic mass is 9.48. The maximum Gasteiger partial charge on any atom is 0.0623 e. The van der Waals surface area contributed by atoms with Crippen LogP contribution >= 0.6 is 0 Å². The highest BCUT2D eigenvalue weighted by atomic mass is 16.5. The molecule has 0 radical (unpaired) electrons. The molecular formula is C17H29NO2. The standard InChI is InChI=1S/C17H29NO2/c18-16(11-20-10-12-1-2-19-9-12)17-6-13-3-14(7-17)5-15(4-13)8-17/h12-16H,1-11,18H2. The van der Waals surface area contributed by atoms with Gasteiger partial charge in [0.15, 0.2) is 0 Å². The van der Waals surface area contributed by atoms with Crippen molar-refractivity contribution in [3.8, 4) is 0 Å². The number of nitrogens with two attached hydrogens (primary N) is 1. The third-order valence-electron chi connectivity index (χ3n) is 6.55. The van der Waals surface area contributed by atoms with Crippen LogP contribution in [0.3, 0.4) is 0 Å². The Morgan fingerprint density at radius 1 is 1.10 bits per heavy atom. The molecule has 0 spiro atoms. The number of ether oxygens (including phenoxy) is 2. The normalized spacial score (nSPS) is 47.9. The second kappa shape index (κ2) is 5.26. The van der Waals surface area contributed by atoms with Gasteiger partial charge >= 0.3 is 0 Å². The fourth-order valence-electron chi connectivity index (χ4n) is 5.88. The summed E-state index contributed by atoms with van der Waals surface area (Å²) >= 11 is 0.